The number of nitrogens with one attached hydrogen (secondary N) is 2. The Balaban J connectivity index is 2.10. The van der Waals surface area contributed by atoms with E-state index in [0.29, 0.717) is 6.04 Å². The fourth-order valence-corrected chi connectivity index (χ4v) is 1.77. The predicted octanol–water partition coefficient (Wildman–Crippen LogP) is -0.622. The lowest BCUT2D eigenvalue weighted by molar-refractivity contribution is -0.121. The van der Waals surface area contributed by atoms with Crippen LogP contribution in [0.4, 0.5) is 0 Å². The SMILES string of the molecule is CC(O)(CO)CNC(=O)CNC1CCCC1. The number of aliphatic hydroxyl groups is 2. The fraction of sp³-hybridized carbons (Fsp3) is 0.909. The molecule has 94 valence electrons. The Labute approximate surface area is 96.2 Å². The summed E-state index contributed by atoms with van der Waals surface area (Å²) in [6.07, 6.45) is 4.75. The number of carbonyl (C=O) groups is 1. The lowest BCUT2D eigenvalue weighted by Crippen LogP contribution is -2.46. The van der Waals surface area contributed by atoms with E-state index in [1.165, 1.54) is 19.8 Å². The molecule has 0 radical (unpaired) electrons. The topological polar surface area (TPSA) is 81.6 Å². The van der Waals surface area contributed by atoms with Gasteiger partial charge in [-0.1, -0.05) is 12.8 Å². The van der Waals surface area contributed by atoms with Crippen LogP contribution in [-0.4, -0.2) is 47.5 Å². The minimum Gasteiger partial charge on any atom is -0.393 e. The van der Waals surface area contributed by atoms with E-state index in [9.17, 15) is 9.90 Å². The van der Waals surface area contributed by atoms with Gasteiger partial charge in [-0.05, 0) is 19.8 Å². The molecule has 0 aromatic carbocycles. The van der Waals surface area contributed by atoms with Crippen molar-refractivity contribution in [2.75, 3.05) is 19.7 Å². The van der Waals surface area contributed by atoms with E-state index in [1.807, 2.05) is 0 Å². The molecule has 1 unspecified atom stereocenters. The molecule has 0 spiro atoms. The summed E-state index contributed by atoms with van der Waals surface area (Å²) in [5.41, 5.74) is -1.23. The molecule has 1 fully saturated rings. The highest BCUT2D eigenvalue weighted by atomic mass is 16.3. The lowest BCUT2D eigenvalue weighted by atomic mass is 10.1. The van der Waals surface area contributed by atoms with E-state index in [1.54, 1.807) is 0 Å². The summed E-state index contributed by atoms with van der Waals surface area (Å²) < 4.78 is 0. The summed E-state index contributed by atoms with van der Waals surface area (Å²) in [4.78, 5) is 11.4. The maximum absolute atomic E-state index is 11.4. The first-order valence-electron chi connectivity index (χ1n) is 5.87. The molecule has 1 saturated carbocycles. The number of rotatable bonds is 6. The Bertz CT molecular complexity index is 225. The van der Waals surface area contributed by atoms with Crippen molar-refractivity contribution in [3.63, 3.8) is 0 Å². The van der Waals surface area contributed by atoms with E-state index >= 15 is 0 Å². The fourth-order valence-electron chi connectivity index (χ4n) is 1.77. The van der Waals surface area contributed by atoms with Gasteiger partial charge in [0.15, 0.2) is 0 Å². The quantitative estimate of drug-likeness (QED) is 0.490. The third-order valence-electron chi connectivity index (χ3n) is 2.91. The molecule has 1 amide bonds. The summed E-state index contributed by atoms with van der Waals surface area (Å²) in [5, 5.41) is 24.0. The van der Waals surface area contributed by atoms with Crippen LogP contribution in [0.1, 0.15) is 32.6 Å². The first kappa shape index (κ1) is 13.4. The van der Waals surface area contributed by atoms with Crippen LogP contribution >= 0.6 is 0 Å². The predicted molar refractivity (Wildman–Crippen MR) is 61.0 cm³/mol. The Morgan fingerprint density at radius 3 is 2.62 bits per heavy atom. The van der Waals surface area contributed by atoms with E-state index in [2.05, 4.69) is 10.6 Å². The van der Waals surface area contributed by atoms with Crippen molar-refractivity contribution in [1.82, 2.24) is 10.6 Å². The number of carbonyl (C=O) groups excluding carboxylic acids is 1. The molecular weight excluding hydrogens is 208 g/mol. The van der Waals surface area contributed by atoms with E-state index in [4.69, 9.17) is 5.11 Å². The van der Waals surface area contributed by atoms with Gasteiger partial charge in [-0.15, -0.1) is 0 Å². The van der Waals surface area contributed by atoms with Crippen LogP contribution in [0, 0.1) is 0 Å². The van der Waals surface area contributed by atoms with Gasteiger partial charge in [0, 0.05) is 12.6 Å². The molecule has 1 aliphatic rings. The summed E-state index contributed by atoms with van der Waals surface area (Å²) >= 11 is 0. The maximum atomic E-state index is 11.4. The van der Waals surface area contributed by atoms with Crippen LogP contribution in [-0.2, 0) is 4.79 Å². The van der Waals surface area contributed by atoms with Crippen LogP contribution in [0.15, 0.2) is 0 Å². The highest BCUT2D eigenvalue weighted by Gasteiger charge is 2.20. The Morgan fingerprint density at radius 2 is 2.06 bits per heavy atom. The second kappa shape index (κ2) is 6.18. The second-order valence-electron chi connectivity index (χ2n) is 4.79. The molecule has 0 aromatic rings. The zero-order valence-electron chi connectivity index (χ0n) is 9.83. The molecule has 0 heterocycles. The largest absolute Gasteiger partial charge is 0.393 e. The zero-order chi connectivity index (χ0) is 12.0. The first-order valence-corrected chi connectivity index (χ1v) is 5.87. The molecule has 1 atom stereocenters. The van der Waals surface area contributed by atoms with Gasteiger partial charge >= 0.3 is 0 Å². The number of hydrogen-bond acceptors (Lipinski definition) is 4. The Morgan fingerprint density at radius 1 is 1.44 bits per heavy atom. The van der Waals surface area contributed by atoms with Crippen LogP contribution < -0.4 is 10.6 Å². The average Bonchev–Trinajstić information content (AvgIpc) is 2.76. The van der Waals surface area contributed by atoms with E-state index < -0.39 is 5.60 Å². The lowest BCUT2D eigenvalue weighted by Gasteiger charge is -2.21. The molecule has 1 aliphatic carbocycles. The molecule has 16 heavy (non-hydrogen) atoms. The van der Waals surface area contributed by atoms with Gasteiger partial charge in [0.2, 0.25) is 5.91 Å². The van der Waals surface area contributed by atoms with Crippen molar-refractivity contribution in [2.24, 2.45) is 0 Å². The molecule has 0 bridgehead atoms. The van der Waals surface area contributed by atoms with Gasteiger partial charge in [0.1, 0.15) is 5.60 Å². The highest BCUT2D eigenvalue weighted by Crippen LogP contribution is 2.17. The summed E-state index contributed by atoms with van der Waals surface area (Å²) in [6, 6.07) is 0.462. The van der Waals surface area contributed by atoms with Gasteiger partial charge in [-0.2, -0.15) is 0 Å². The molecule has 1 rings (SSSR count). The van der Waals surface area contributed by atoms with E-state index in [-0.39, 0.29) is 25.6 Å². The third-order valence-corrected chi connectivity index (χ3v) is 2.91. The van der Waals surface area contributed by atoms with Crippen molar-refractivity contribution in [1.29, 1.82) is 0 Å². The monoisotopic (exact) mass is 230 g/mol. The van der Waals surface area contributed by atoms with Crippen molar-refractivity contribution < 1.29 is 15.0 Å². The molecule has 0 aliphatic heterocycles. The van der Waals surface area contributed by atoms with Gasteiger partial charge in [-0.3, -0.25) is 4.79 Å². The normalized spacial score (nSPS) is 20.7. The molecule has 0 aromatic heterocycles. The Kier molecular flexibility index (Phi) is 5.18. The van der Waals surface area contributed by atoms with Gasteiger partial charge < -0.3 is 20.8 Å². The van der Waals surface area contributed by atoms with E-state index in [0.717, 1.165) is 12.8 Å². The minimum atomic E-state index is -1.23. The Hall–Kier alpha value is -0.650. The van der Waals surface area contributed by atoms with Gasteiger partial charge in [0.25, 0.3) is 0 Å². The second-order valence-corrected chi connectivity index (χ2v) is 4.79. The molecule has 0 saturated heterocycles. The van der Waals surface area contributed by atoms with Crippen LogP contribution in [0.25, 0.3) is 0 Å². The maximum Gasteiger partial charge on any atom is 0.234 e. The number of amides is 1. The molecule has 4 N–H and O–H groups in total. The third kappa shape index (κ3) is 4.92. The summed E-state index contributed by atoms with van der Waals surface area (Å²) in [6.45, 7) is 1.49. The van der Waals surface area contributed by atoms with Crippen molar-refractivity contribution in [3.05, 3.63) is 0 Å². The highest BCUT2D eigenvalue weighted by molar-refractivity contribution is 5.78. The van der Waals surface area contributed by atoms with Crippen LogP contribution in [0.2, 0.25) is 0 Å². The van der Waals surface area contributed by atoms with Crippen molar-refractivity contribution in [2.45, 2.75) is 44.2 Å². The molecular formula is C11H22N2O3. The zero-order valence-corrected chi connectivity index (χ0v) is 9.83. The van der Waals surface area contributed by atoms with Crippen molar-refractivity contribution >= 4 is 5.91 Å². The van der Waals surface area contributed by atoms with Crippen LogP contribution in [0.5, 0.6) is 0 Å². The van der Waals surface area contributed by atoms with Gasteiger partial charge in [-0.25, -0.2) is 0 Å². The number of aliphatic hydroxyl groups excluding tert-OH is 1. The summed E-state index contributed by atoms with van der Waals surface area (Å²) in [5.74, 6) is -0.138. The average molecular weight is 230 g/mol. The summed E-state index contributed by atoms with van der Waals surface area (Å²) in [7, 11) is 0. The van der Waals surface area contributed by atoms with Crippen molar-refractivity contribution in [3.8, 4) is 0 Å². The van der Waals surface area contributed by atoms with Crippen LogP contribution in [0.3, 0.4) is 0 Å². The minimum absolute atomic E-state index is 0.0781. The smallest absolute Gasteiger partial charge is 0.234 e. The van der Waals surface area contributed by atoms with Gasteiger partial charge in [0.05, 0.1) is 13.2 Å². The first-order chi connectivity index (χ1) is 7.53. The molecule has 5 heteroatoms. The molecule has 5 nitrogen and oxygen atoms in total. The standard InChI is InChI=1S/C11H22N2O3/c1-11(16,8-14)7-13-10(15)6-12-9-4-2-3-5-9/h9,12,14,16H,2-8H2,1H3,(H,13,15). The number of hydrogen-bond donors (Lipinski definition) is 4.